The maximum absolute atomic E-state index is 10.9. The van der Waals surface area contributed by atoms with Crippen molar-refractivity contribution in [2.24, 2.45) is 0 Å². The third kappa shape index (κ3) is 3.53. The van der Waals surface area contributed by atoms with Crippen molar-refractivity contribution in [1.29, 1.82) is 0 Å². The average molecular weight is 308 g/mol. The predicted molar refractivity (Wildman–Crippen MR) is 95.1 cm³/mol. The van der Waals surface area contributed by atoms with Gasteiger partial charge >= 0.3 is 0 Å². The number of unbranched alkanes of at least 4 members (excludes halogenated alkanes) is 1. The molecular weight excluding hydrogens is 284 g/mol. The molecule has 120 valence electrons. The second-order valence-electron chi connectivity index (χ2n) is 6.09. The molecule has 23 heavy (non-hydrogen) atoms. The first-order chi connectivity index (χ1) is 11.0. The van der Waals surface area contributed by atoms with Gasteiger partial charge in [0.2, 0.25) is 0 Å². The van der Waals surface area contributed by atoms with Crippen molar-refractivity contribution in [2.75, 3.05) is 0 Å². The first-order valence-electron chi connectivity index (χ1n) is 8.04. The standard InChI is InChI=1S/C21H24O2/c1-4-5-6-16(2)21(3,19-11-13-20(23)14-12-19)18-9-7-17(15-22)8-10-18/h6-15,23H,4-5H2,1-3H3/b16-6+. The van der Waals surface area contributed by atoms with E-state index in [0.717, 1.165) is 30.3 Å². The lowest BCUT2D eigenvalue weighted by Crippen LogP contribution is -2.25. The predicted octanol–water partition coefficient (Wildman–Crippen LogP) is 5.26. The minimum absolute atomic E-state index is 0.266. The van der Waals surface area contributed by atoms with Gasteiger partial charge in [-0.05, 0) is 43.5 Å². The topological polar surface area (TPSA) is 37.3 Å². The summed E-state index contributed by atoms with van der Waals surface area (Å²) in [5.74, 6) is 0.266. The Morgan fingerprint density at radius 3 is 2.04 bits per heavy atom. The number of carbonyl (C=O) groups is 1. The number of aromatic hydroxyl groups is 1. The van der Waals surface area contributed by atoms with Crippen LogP contribution in [0.4, 0.5) is 0 Å². The van der Waals surface area contributed by atoms with Crippen LogP contribution in [0.5, 0.6) is 5.75 Å². The average Bonchev–Trinajstić information content (AvgIpc) is 2.59. The molecule has 0 aliphatic heterocycles. The zero-order valence-corrected chi connectivity index (χ0v) is 14.0. The van der Waals surface area contributed by atoms with E-state index in [2.05, 4.69) is 26.8 Å². The zero-order chi connectivity index (χ0) is 16.9. The molecule has 0 aliphatic carbocycles. The normalized spacial score (nSPS) is 14.3. The lowest BCUT2D eigenvalue weighted by Gasteiger charge is -2.33. The van der Waals surface area contributed by atoms with Gasteiger partial charge in [-0.2, -0.15) is 0 Å². The number of hydrogen-bond donors (Lipinski definition) is 1. The lowest BCUT2D eigenvalue weighted by molar-refractivity contribution is 0.112. The molecule has 0 aliphatic rings. The highest BCUT2D eigenvalue weighted by Crippen LogP contribution is 2.39. The molecule has 2 rings (SSSR count). The monoisotopic (exact) mass is 308 g/mol. The summed E-state index contributed by atoms with van der Waals surface area (Å²) in [6.45, 7) is 6.51. The molecule has 0 bridgehead atoms. The molecule has 0 aromatic heterocycles. The molecule has 0 fully saturated rings. The number of hydrogen-bond acceptors (Lipinski definition) is 2. The van der Waals surface area contributed by atoms with Crippen molar-refractivity contribution in [3.8, 4) is 5.75 Å². The van der Waals surface area contributed by atoms with Gasteiger partial charge in [0.25, 0.3) is 0 Å². The van der Waals surface area contributed by atoms with E-state index in [1.807, 2.05) is 36.4 Å². The van der Waals surface area contributed by atoms with Gasteiger partial charge in [0, 0.05) is 11.0 Å². The molecule has 1 atom stereocenters. The number of carbonyl (C=O) groups excluding carboxylic acids is 1. The molecule has 2 aromatic rings. The number of phenolic OH excluding ortho intramolecular Hbond substituents is 1. The van der Waals surface area contributed by atoms with E-state index < -0.39 is 0 Å². The van der Waals surface area contributed by atoms with Gasteiger partial charge in [0.15, 0.2) is 0 Å². The highest BCUT2D eigenvalue weighted by molar-refractivity contribution is 5.74. The van der Waals surface area contributed by atoms with E-state index in [0.29, 0.717) is 5.56 Å². The Kier molecular flexibility index (Phi) is 5.38. The van der Waals surface area contributed by atoms with Crippen LogP contribution in [0.15, 0.2) is 60.2 Å². The van der Waals surface area contributed by atoms with Crippen LogP contribution in [0.3, 0.4) is 0 Å². The molecule has 0 heterocycles. The highest BCUT2D eigenvalue weighted by Gasteiger charge is 2.30. The first-order valence-corrected chi connectivity index (χ1v) is 8.04. The summed E-state index contributed by atoms with van der Waals surface area (Å²) in [6.07, 6.45) is 5.28. The largest absolute Gasteiger partial charge is 0.508 e. The van der Waals surface area contributed by atoms with E-state index in [-0.39, 0.29) is 11.2 Å². The molecule has 2 heteroatoms. The quantitative estimate of drug-likeness (QED) is 0.584. The van der Waals surface area contributed by atoms with Gasteiger partial charge in [-0.1, -0.05) is 61.4 Å². The Labute approximate surface area is 138 Å². The Bertz CT molecular complexity index is 681. The Morgan fingerprint density at radius 2 is 1.57 bits per heavy atom. The van der Waals surface area contributed by atoms with Crippen LogP contribution in [0.25, 0.3) is 0 Å². The maximum Gasteiger partial charge on any atom is 0.150 e. The molecule has 0 saturated carbocycles. The first kappa shape index (κ1) is 17.0. The smallest absolute Gasteiger partial charge is 0.150 e. The van der Waals surface area contributed by atoms with Crippen LogP contribution in [-0.4, -0.2) is 11.4 Å². The third-order valence-electron chi connectivity index (χ3n) is 4.60. The van der Waals surface area contributed by atoms with Crippen LogP contribution in [-0.2, 0) is 5.41 Å². The number of rotatable bonds is 6. The fourth-order valence-corrected chi connectivity index (χ4v) is 2.88. The van der Waals surface area contributed by atoms with Crippen LogP contribution < -0.4 is 0 Å². The molecule has 2 nitrogen and oxygen atoms in total. The summed E-state index contributed by atoms with van der Waals surface area (Å²) >= 11 is 0. The van der Waals surface area contributed by atoms with Crippen molar-refractivity contribution in [3.05, 3.63) is 76.9 Å². The van der Waals surface area contributed by atoms with E-state index in [4.69, 9.17) is 0 Å². The van der Waals surface area contributed by atoms with Crippen LogP contribution in [0.2, 0.25) is 0 Å². The van der Waals surface area contributed by atoms with Gasteiger partial charge in [-0.3, -0.25) is 4.79 Å². The van der Waals surface area contributed by atoms with Crippen molar-refractivity contribution >= 4 is 6.29 Å². The molecule has 0 saturated heterocycles. The van der Waals surface area contributed by atoms with Crippen LogP contribution >= 0.6 is 0 Å². The summed E-state index contributed by atoms with van der Waals surface area (Å²) in [4.78, 5) is 10.9. The molecule has 0 radical (unpaired) electrons. The Hall–Kier alpha value is -2.35. The van der Waals surface area contributed by atoms with Crippen LogP contribution in [0, 0.1) is 0 Å². The van der Waals surface area contributed by atoms with E-state index >= 15 is 0 Å². The minimum Gasteiger partial charge on any atom is -0.508 e. The second kappa shape index (κ2) is 7.28. The highest BCUT2D eigenvalue weighted by atomic mass is 16.3. The summed E-state index contributed by atoms with van der Waals surface area (Å²) in [7, 11) is 0. The molecule has 0 amide bonds. The van der Waals surface area contributed by atoms with Crippen LogP contribution in [0.1, 0.15) is 55.1 Å². The number of phenols is 1. The van der Waals surface area contributed by atoms with Gasteiger partial charge in [-0.15, -0.1) is 0 Å². The van der Waals surface area contributed by atoms with Gasteiger partial charge < -0.3 is 5.11 Å². The van der Waals surface area contributed by atoms with Crippen molar-refractivity contribution < 1.29 is 9.90 Å². The Balaban J connectivity index is 2.57. The van der Waals surface area contributed by atoms with Crippen molar-refractivity contribution in [1.82, 2.24) is 0 Å². The second-order valence-corrected chi connectivity index (χ2v) is 6.09. The van der Waals surface area contributed by atoms with Gasteiger partial charge in [0.1, 0.15) is 12.0 Å². The van der Waals surface area contributed by atoms with E-state index in [1.165, 1.54) is 5.57 Å². The summed E-state index contributed by atoms with van der Waals surface area (Å²) < 4.78 is 0. The Morgan fingerprint density at radius 1 is 1.04 bits per heavy atom. The molecule has 1 unspecified atom stereocenters. The summed E-state index contributed by atoms with van der Waals surface area (Å²) in [5, 5.41) is 9.59. The third-order valence-corrected chi connectivity index (χ3v) is 4.60. The fraction of sp³-hybridized carbons (Fsp3) is 0.286. The summed E-state index contributed by atoms with van der Waals surface area (Å²) in [6, 6.07) is 15.1. The van der Waals surface area contributed by atoms with E-state index in [1.54, 1.807) is 12.1 Å². The molecular formula is C21H24O2. The summed E-state index contributed by atoms with van der Waals surface area (Å²) in [5.41, 5.74) is 3.92. The minimum atomic E-state index is -0.287. The van der Waals surface area contributed by atoms with Crippen molar-refractivity contribution in [3.63, 3.8) is 0 Å². The number of benzene rings is 2. The fourth-order valence-electron chi connectivity index (χ4n) is 2.88. The van der Waals surface area contributed by atoms with E-state index in [9.17, 15) is 9.90 Å². The van der Waals surface area contributed by atoms with Gasteiger partial charge in [-0.25, -0.2) is 0 Å². The number of aldehydes is 1. The van der Waals surface area contributed by atoms with Gasteiger partial charge in [0.05, 0.1) is 0 Å². The molecule has 2 aromatic carbocycles. The maximum atomic E-state index is 10.9. The SMILES string of the molecule is CCC/C=C(\C)C(C)(c1ccc(O)cc1)c1ccc(C=O)cc1. The molecule has 1 N–H and O–H groups in total. The van der Waals surface area contributed by atoms with Crippen molar-refractivity contribution in [2.45, 2.75) is 39.0 Å². The molecule has 0 spiro atoms. The zero-order valence-electron chi connectivity index (χ0n) is 14.0. The lowest BCUT2D eigenvalue weighted by atomic mass is 9.70. The number of allylic oxidation sites excluding steroid dienone is 2.